The predicted octanol–water partition coefficient (Wildman–Crippen LogP) is 1.73. The highest BCUT2D eigenvalue weighted by Crippen LogP contribution is 2.32. The number of carboxylic acid groups (broad SMARTS) is 1. The second kappa shape index (κ2) is 6.07. The van der Waals surface area contributed by atoms with Gasteiger partial charge in [-0.15, -0.1) is 0 Å². The predicted molar refractivity (Wildman–Crippen MR) is 67.3 cm³/mol. The van der Waals surface area contributed by atoms with Crippen LogP contribution in [0.4, 0.5) is 4.79 Å². The van der Waals surface area contributed by atoms with Gasteiger partial charge in [0.25, 0.3) is 0 Å². The van der Waals surface area contributed by atoms with Crippen LogP contribution >= 0.6 is 0 Å². The normalized spacial score (nSPS) is 22.2. The zero-order valence-corrected chi connectivity index (χ0v) is 10.7. The molecule has 5 heteroatoms. The minimum absolute atomic E-state index is 0.128. The molecule has 0 aromatic carbocycles. The number of carboxylic acids is 1. The topological polar surface area (TPSA) is 78.4 Å². The van der Waals surface area contributed by atoms with E-state index in [0.717, 1.165) is 12.8 Å². The Balaban J connectivity index is 1.68. The van der Waals surface area contributed by atoms with Crippen LogP contribution in [0.3, 0.4) is 0 Å². The van der Waals surface area contributed by atoms with Gasteiger partial charge in [0.2, 0.25) is 0 Å². The lowest BCUT2D eigenvalue weighted by Gasteiger charge is -2.22. The third-order valence-corrected chi connectivity index (χ3v) is 3.92. The lowest BCUT2D eigenvalue weighted by Crippen LogP contribution is -2.48. The Bertz CT molecular complexity index is 309. The lowest BCUT2D eigenvalue weighted by atomic mass is 9.89. The van der Waals surface area contributed by atoms with Gasteiger partial charge in [0, 0.05) is 6.54 Å². The van der Waals surface area contributed by atoms with Crippen molar-refractivity contribution in [3.05, 3.63) is 0 Å². The van der Waals surface area contributed by atoms with E-state index in [2.05, 4.69) is 10.6 Å². The zero-order chi connectivity index (χ0) is 13.0. The van der Waals surface area contributed by atoms with Gasteiger partial charge in [-0.3, -0.25) is 0 Å². The number of hydrogen-bond donors (Lipinski definition) is 3. The Morgan fingerprint density at radius 3 is 2.33 bits per heavy atom. The number of nitrogens with one attached hydrogen (secondary N) is 2. The average Bonchev–Trinajstić information content (AvgIpc) is 3.18. The summed E-state index contributed by atoms with van der Waals surface area (Å²) >= 11 is 0. The van der Waals surface area contributed by atoms with Crippen LogP contribution in [0.2, 0.25) is 0 Å². The maximum atomic E-state index is 11.6. The summed E-state index contributed by atoms with van der Waals surface area (Å²) in [5.74, 6) is -0.234. The van der Waals surface area contributed by atoms with Crippen LogP contribution in [0.5, 0.6) is 0 Å². The molecule has 2 rings (SSSR count). The fourth-order valence-corrected chi connectivity index (χ4v) is 2.63. The molecule has 0 spiro atoms. The van der Waals surface area contributed by atoms with Crippen LogP contribution in [0.15, 0.2) is 0 Å². The van der Waals surface area contributed by atoms with E-state index in [1.54, 1.807) is 0 Å². The van der Waals surface area contributed by atoms with E-state index in [0.29, 0.717) is 12.5 Å². The molecule has 1 atom stereocenters. The van der Waals surface area contributed by atoms with Crippen LogP contribution in [-0.4, -0.2) is 29.7 Å². The van der Waals surface area contributed by atoms with E-state index < -0.39 is 12.0 Å². The summed E-state index contributed by atoms with van der Waals surface area (Å²) in [6.07, 6.45) is 7.93. The molecule has 102 valence electrons. The van der Waals surface area contributed by atoms with Crippen molar-refractivity contribution in [3.63, 3.8) is 0 Å². The molecule has 0 radical (unpaired) electrons. The summed E-state index contributed by atoms with van der Waals surface area (Å²) in [6.45, 7) is 0.669. The summed E-state index contributed by atoms with van der Waals surface area (Å²) in [7, 11) is 0. The Morgan fingerprint density at radius 1 is 1.11 bits per heavy atom. The molecule has 18 heavy (non-hydrogen) atoms. The number of amides is 2. The minimum atomic E-state index is -0.926. The van der Waals surface area contributed by atoms with E-state index in [4.69, 9.17) is 5.11 Å². The molecule has 2 saturated carbocycles. The first kappa shape index (κ1) is 13.2. The van der Waals surface area contributed by atoms with Crippen molar-refractivity contribution in [2.45, 2.75) is 51.0 Å². The van der Waals surface area contributed by atoms with E-state index in [-0.39, 0.29) is 11.9 Å². The molecule has 2 amide bonds. The maximum absolute atomic E-state index is 11.6. The first-order valence-corrected chi connectivity index (χ1v) is 6.94. The van der Waals surface area contributed by atoms with Crippen LogP contribution < -0.4 is 10.6 Å². The molecule has 2 aliphatic carbocycles. The molecule has 0 saturated heterocycles. The first-order valence-electron chi connectivity index (χ1n) is 6.94. The van der Waals surface area contributed by atoms with Crippen molar-refractivity contribution in [1.29, 1.82) is 0 Å². The third-order valence-electron chi connectivity index (χ3n) is 3.92. The van der Waals surface area contributed by atoms with Crippen molar-refractivity contribution in [2.24, 2.45) is 11.8 Å². The fraction of sp³-hybridized carbons (Fsp3) is 0.846. The number of aliphatic carboxylic acids is 1. The number of hydrogen-bond acceptors (Lipinski definition) is 2. The number of carbonyl (C=O) groups excluding carboxylic acids is 1. The Kier molecular flexibility index (Phi) is 4.44. The van der Waals surface area contributed by atoms with Gasteiger partial charge in [0.15, 0.2) is 0 Å². The fourth-order valence-electron chi connectivity index (χ4n) is 2.63. The molecule has 1 unspecified atom stereocenters. The van der Waals surface area contributed by atoms with E-state index in [9.17, 15) is 9.59 Å². The molecule has 0 aliphatic heterocycles. The van der Waals surface area contributed by atoms with Crippen molar-refractivity contribution >= 4 is 12.0 Å². The van der Waals surface area contributed by atoms with Gasteiger partial charge >= 0.3 is 12.0 Å². The van der Waals surface area contributed by atoms with E-state index in [1.807, 2.05) is 0 Å². The van der Waals surface area contributed by atoms with Crippen LogP contribution in [-0.2, 0) is 4.79 Å². The lowest BCUT2D eigenvalue weighted by molar-refractivity contribution is -0.139. The standard InChI is InChI=1S/C13H22N2O3/c16-12(17)11(10-6-7-10)15-13(18)14-8-9-4-2-1-3-5-9/h9-11H,1-8H2,(H,16,17)(H2,14,15,18). The molecule has 0 bridgehead atoms. The summed E-state index contributed by atoms with van der Waals surface area (Å²) < 4.78 is 0. The monoisotopic (exact) mass is 254 g/mol. The van der Waals surface area contributed by atoms with E-state index >= 15 is 0 Å². The number of carbonyl (C=O) groups is 2. The Hall–Kier alpha value is -1.26. The highest BCUT2D eigenvalue weighted by atomic mass is 16.4. The Labute approximate surface area is 107 Å². The molecule has 0 aromatic rings. The smallest absolute Gasteiger partial charge is 0.326 e. The molecular weight excluding hydrogens is 232 g/mol. The summed E-state index contributed by atoms with van der Waals surface area (Å²) in [6, 6.07) is -1.05. The first-order chi connectivity index (χ1) is 8.66. The second-order valence-corrected chi connectivity index (χ2v) is 5.51. The van der Waals surface area contributed by atoms with Crippen LogP contribution in [0.25, 0.3) is 0 Å². The van der Waals surface area contributed by atoms with Gasteiger partial charge in [-0.2, -0.15) is 0 Å². The van der Waals surface area contributed by atoms with E-state index in [1.165, 1.54) is 32.1 Å². The number of rotatable bonds is 5. The molecule has 0 heterocycles. The molecule has 2 aliphatic rings. The average molecular weight is 254 g/mol. The van der Waals surface area contributed by atoms with Crippen LogP contribution in [0.1, 0.15) is 44.9 Å². The van der Waals surface area contributed by atoms with Gasteiger partial charge in [0.05, 0.1) is 0 Å². The minimum Gasteiger partial charge on any atom is -0.480 e. The van der Waals surface area contributed by atoms with Gasteiger partial charge in [-0.1, -0.05) is 19.3 Å². The summed E-state index contributed by atoms with van der Waals surface area (Å²) in [5, 5.41) is 14.4. The second-order valence-electron chi connectivity index (χ2n) is 5.51. The number of urea groups is 1. The highest BCUT2D eigenvalue weighted by Gasteiger charge is 2.37. The van der Waals surface area contributed by atoms with Crippen LogP contribution in [0, 0.1) is 11.8 Å². The highest BCUT2D eigenvalue weighted by molar-refractivity contribution is 5.83. The SMILES string of the molecule is O=C(NCC1CCCCC1)NC(C(=O)O)C1CC1. The molecular formula is C13H22N2O3. The van der Waals surface area contributed by atoms with Crippen molar-refractivity contribution in [3.8, 4) is 0 Å². The van der Waals surface area contributed by atoms with Gasteiger partial charge in [-0.05, 0) is 37.5 Å². The van der Waals surface area contributed by atoms with Gasteiger partial charge in [-0.25, -0.2) is 9.59 Å². The Morgan fingerprint density at radius 2 is 1.78 bits per heavy atom. The largest absolute Gasteiger partial charge is 0.480 e. The quantitative estimate of drug-likeness (QED) is 0.699. The molecule has 5 nitrogen and oxygen atoms in total. The van der Waals surface area contributed by atoms with Crippen molar-refractivity contribution < 1.29 is 14.7 Å². The molecule has 0 aromatic heterocycles. The van der Waals surface area contributed by atoms with Crippen molar-refractivity contribution in [1.82, 2.24) is 10.6 Å². The molecule has 2 fully saturated rings. The third kappa shape index (κ3) is 3.89. The maximum Gasteiger partial charge on any atom is 0.326 e. The zero-order valence-electron chi connectivity index (χ0n) is 10.7. The van der Waals surface area contributed by atoms with Gasteiger partial charge < -0.3 is 15.7 Å². The molecule has 3 N–H and O–H groups in total. The van der Waals surface area contributed by atoms with Gasteiger partial charge in [0.1, 0.15) is 6.04 Å². The summed E-state index contributed by atoms with van der Waals surface area (Å²) in [5.41, 5.74) is 0. The van der Waals surface area contributed by atoms with Crippen molar-refractivity contribution in [2.75, 3.05) is 6.54 Å². The summed E-state index contributed by atoms with van der Waals surface area (Å²) in [4.78, 5) is 22.6.